The molecule has 0 atom stereocenters. The molecular formula is C25H38S. The van der Waals surface area contributed by atoms with Crippen LogP contribution in [0, 0.1) is 0 Å². The fourth-order valence-corrected chi connectivity index (χ4v) is 3.11. The highest BCUT2D eigenvalue weighted by atomic mass is 32.1. The highest BCUT2D eigenvalue weighted by Gasteiger charge is 2.21. The lowest BCUT2D eigenvalue weighted by Gasteiger charge is -2.27. The molecule has 0 fully saturated rings. The van der Waals surface area contributed by atoms with E-state index in [0.29, 0.717) is 5.75 Å². The topological polar surface area (TPSA) is 0 Å². The highest BCUT2D eigenvalue weighted by molar-refractivity contribution is 7.80. The third-order valence-electron chi connectivity index (χ3n) is 4.72. The molecule has 1 aromatic carbocycles. The van der Waals surface area contributed by atoms with Crippen molar-refractivity contribution in [3.63, 3.8) is 0 Å². The summed E-state index contributed by atoms with van der Waals surface area (Å²) in [6.45, 7) is 20.0. The lowest BCUT2D eigenvalue weighted by Crippen LogP contribution is -2.18. The van der Waals surface area contributed by atoms with Gasteiger partial charge in [-0.2, -0.15) is 12.6 Å². The Kier molecular flexibility index (Phi) is 8.47. The van der Waals surface area contributed by atoms with Gasteiger partial charge in [-0.1, -0.05) is 90.1 Å². The van der Waals surface area contributed by atoms with Gasteiger partial charge in [0.05, 0.1) is 0 Å². The van der Waals surface area contributed by atoms with Crippen LogP contribution in [0.3, 0.4) is 0 Å². The lowest BCUT2D eigenvalue weighted by atomic mass is 9.77. The maximum absolute atomic E-state index is 4.22. The van der Waals surface area contributed by atoms with Crippen LogP contribution < -0.4 is 0 Å². The fourth-order valence-electron chi connectivity index (χ4n) is 3.00. The molecule has 0 unspecified atom stereocenters. The molecule has 0 radical (unpaired) electrons. The molecule has 0 aliphatic rings. The molecular weight excluding hydrogens is 332 g/mol. The van der Waals surface area contributed by atoms with Crippen molar-refractivity contribution in [3.8, 4) is 0 Å². The first kappa shape index (κ1) is 22.8. The molecule has 26 heavy (non-hydrogen) atoms. The molecule has 0 saturated heterocycles. The van der Waals surface area contributed by atoms with Crippen molar-refractivity contribution in [2.75, 3.05) is 5.75 Å². The monoisotopic (exact) mass is 370 g/mol. The third-order valence-corrected chi connectivity index (χ3v) is 5.12. The molecule has 0 aliphatic heterocycles. The minimum atomic E-state index is 0.178. The quantitative estimate of drug-likeness (QED) is 0.371. The number of hydrogen-bond donors (Lipinski definition) is 1. The summed E-state index contributed by atoms with van der Waals surface area (Å²) in [6.07, 6.45) is 9.77. The van der Waals surface area contributed by atoms with E-state index in [9.17, 15) is 0 Å². The predicted octanol–water partition coefficient (Wildman–Crippen LogP) is 7.59. The summed E-state index contributed by atoms with van der Waals surface area (Å²) in [5.74, 6) is 0.712. The van der Waals surface area contributed by atoms with E-state index in [1.807, 2.05) is 6.08 Å². The summed E-state index contributed by atoms with van der Waals surface area (Å²) in [7, 11) is 0. The molecule has 0 heterocycles. The lowest BCUT2D eigenvalue weighted by molar-refractivity contribution is 0.561. The average molecular weight is 371 g/mol. The molecule has 1 heteroatoms. The second-order valence-electron chi connectivity index (χ2n) is 9.41. The van der Waals surface area contributed by atoms with Crippen LogP contribution in [0.1, 0.15) is 78.0 Å². The molecule has 0 saturated carbocycles. The van der Waals surface area contributed by atoms with Crippen LogP contribution in [0.5, 0.6) is 0 Å². The van der Waals surface area contributed by atoms with Gasteiger partial charge in [0.15, 0.2) is 0 Å². The first-order valence-electron chi connectivity index (χ1n) is 9.71. The van der Waals surface area contributed by atoms with Gasteiger partial charge in [-0.25, -0.2) is 0 Å². The van der Waals surface area contributed by atoms with E-state index < -0.39 is 0 Å². The number of allylic oxidation sites excluding steroid dienone is 4. The molecule has 0 spiro atoms. The van der Waals surface area contributed by atoms with Crippen molar-refractivity contribution in [2.45, 2.75) is 78.6 Å². The van der Waals surface area contributed by atoms with E-state index in [1.54, 1.807) is 0 Å². The van der Waals surface area contributed by atoms with Crippen LogP contribution in [0.25, 0.3) is 0 Å². The third kappa shape index (κ3) is 7.58. The van der Waals surface area contributed by atoms with Crippen molar-refractivity contribution in [2.24, 2.45) is 0 Å². The van der Waals surface area contributed by atoms with Crippen molar-refractivity contribution < 1.29 is 0 Å². The Hall–Kier alpha value is -1.21. The second-order valence-corrected chi connectivity index (χ2v) is 9.73. The Morgan fingerprint density at radius 2 is 1.73 bits per heavy atom. The zero-order chi connectivity index (χ0) is 20.0. The molecule has 0 bridgehead atoms. The van der Waals surface area contributed by atoms with Crippen LogP contribution in [0.2, 0.25) is 0 Å². The maximum Gasteiger partial charge on any atom is 0.0148 e. The Morgan fingerprint density at radius 1 is 1.08 bits per heavy atom. The second kappa shape index (κ2) is 9.65. The number of benzene rings is 1. The number of aryl methyl sites for hydroxylation is 1. The Balaban J connectivity index is 2.83. The Labute approximate surface area is 167 Å². The smallest absolute Gasteiger partial charge is 0.0148 e. The van der Waals surface area contributed by atoms with E-state index in [0.717, 1.165) is 18.4 Å². The van der Waals surface area contributed by atoms with Crippen molar-refractivity contribution >= 4 is 12.6 Å². The molecule has 0 amide bonds. The number of hydrogen-bond acceptors (Lipinski definition) is 1. The van der Waals surface area contributed by atoms with Gasteiger partial charge in [-0.3, -0.25) is 0 Å². The van der Waals surface area contributed by atoms with Crippen LogP contribution in [0.15, 0.2) is 54.2 Å². The van der Waals surface area contributed by atoms with Gasteiger partial charge < -0.3 is 0 Å². The van der Waals surface area contributed by atoms with E-state index in [-0.39, 0.29) is 10.8 Å². The summed E-state index contributed by atoms with van der Waals surface area (Å²) < 4.78 is 0. The van der Waals surface area contributed by atoms with Crippen LogP contribution >= 0.6 is 12.6 Å². The average Bonchev–Trinajstić information content (AvgIpc) is 2.52. The van der Waals surface area contributed by atoms with Crippen LogP contribution in [0.4, 0.5) is 0 Å². The zero-order valence-corrected chi connectivity index (χ0v) is 18.8. The van der Waals surface area contributed by atoms with Gasteiger partial charge in [-0.15, -0.1) is 0 Å². The first-order valence-corrected chi connectivity index (χ1v) is 10.3. The van der Waals surface area contributed by atoms with Crippen molar-refractivity contribution in [1.82, 2.24) is 0 Å². The predicted molar refractivity (Wildman–Crippen MR) is 123 cm³/mol. The number of thiol groups is 1. The molecule has 1 aromatic rings. The van der Waals surface area contributed by atoms with Crippen LogP contribution in [-0.4, -0.2) is 5.75 Å². The first-order chi connectivity index (χ1) is 11.9. The molecule has 1 rings (SSSR count). The molecule has 0 aliphatic carbocycles. The number of rotatable bonds is 7. The summed E-state index contributed by atoms with van der Waals surface area (Å²) in [5, 5.41) is 0. The van der Waals surface area contributed by atoms with Crippen molar-refractivity contribution in [1.29, 1.82) is 0 Å². The highest BCUT2D eigenvalue weighted by Crippen LogP contribution is 2.32. The Morgan fingerprint density at radius 3 is 2.27 bits per heavy atom. The minimum Gasteiger partial charge on any atom is -0.175 e. The largest absolute Gasteiger partial charge is 0.175 e. The standard InChI is InChI=1S/C25H38S/c1-19(11-9-13-20(2)18-26)12-10-14-21-15-16-22(24(3,4)5)17-23(21)25(6,7)8/h9,11,13,15-17,26H,2,10,12,14,18H2,1,3-8H3/b13-9-,19-11+. The van der Waals surface area contributed by atoms with Gasteiger partial charge in [0.1, 0.15) is 0 Å². The summed E-state index contributed by atoms with van der Waals surface area (Å²) in [6, 6.07) is 7.11. The molecule has 0 aromatic heterocycles. The van der Waals surface area contributed by atoms with E-state index in [1.165, 1.54) is 28.7 Å². The van der Waals surface area contributed by atoms with Crippen molar-refractivity contribution in [3.05, 3.63) is 70.8 Å². The molecule has 144 valence electrons. The fraction of sp³-hybridized carbons (Fsp3) is 0.520. The SMILES string of the molecule is C=C(/C=C\C=C(/C)CCCc1ccc(C(C)(C)C)cc1C(C)(C)C)CS. The van der Waals surface area contributed by atoms with Gasteiger partial charge >= 0.3 is 0 Å². The Bertz CT molecular complexity index is 660. The van der Waals surface area contributed by atoms with E-state index >= 15 is 0 Å². The molecule has 0 N–H and O–H groups in total. The zero-order valence-electron chi connectivity index (χ0n) is 17.9. The van der Waals surface area contributed by atoms with Gasteiger partial charge in [-0.05, 0) is 59.3 Å². The van der Waals surface area contributed by atoms with E-state index in [4.69, 9.17) is 0 Å². The van der Waals surface area contributed by atoms with Crippen LogP contribution in [-0.2, 0) is 17.3 Å². The van der Waals surface area contributed by atoms with E-state index in [2.05, 4.69) is 98.0 Å². The van der Waals surface area contributed by atoms with Gasteiger partial charge in [0, 0.05) is 5.75 Å². The minimum absolute atomic E-state index is 0.178. The normalized spacial score (nSPS) is 13.5. The maximum atomic E-state index is 4.22. The molecule has 0 nitrogen and oxygen atoms in total. The van der Waals surface area contributed by atoms with Gasteiger partial charge in [0.25, 0.3) is 0 Å². The summed E-state index contributed by atoms with van der Waals surface area (Å²) >= 11 is 4.22. The van der Waals surface area contributed by atoms with Gasteiger partial charge in [0.2, 0.25) is 0 Å². The summed E-state index contributed by atoms with van der Waals surface area (Å²) in [4.78, 5) is 0. The summed E-state index contributed by atoms with van der Waals surface area (Å²) in [5.41, 5.74) is 7.26.